The van der Waals surface area contributed by atoms with E-state index >= 15 is 0 Å². The van der Waals surface area contributed by atoms with Gasteiger partial charge in [0.2, 0.25) is 11.8 Å². The molecular weight excluding hydrogens is 474 g/mol. The highest BCUT2D eigenvalue weighted by Gasteiger charge is 2.52. The Hall–Kier alpha value is -1.65. The molecule has 6 heterocycles. The van der Waals surface area contributed by atoms with E-state index in [0.29, 0.717) is 15.7 Å². The van der Waals surface area contributed by atoms with Crippen molar-refractivity contribution in [2.75, 3.05) is 25.4 Å². The molecule has 0 radical (unpaired) electrons. The van der Waals surface area contributed by atoms with E-state index in [1.165, 1.54) is 35.5 Å². The number of esters is 1. The van der Waals surface area contributed by atoms with Gasteiger partial charge in [0.25, 0.3) is 0 Å². The molecule has 3 fully saturated rings. The van der Waals surface area contributed by atoms with Crippen molar-refractivity contribution in [2.24, 2.45) is 13.0 Å². The number of nitrogens with zero attached hydrogens (tertiary/aromatic N) is 3. The van der Waals surface area contributed by atoms with Crippen molar-refractivity contribution in [1.82, 2.24) is 9.55 Å². The summed E-state index contributed by atoms with van der Waals surface area (Å²) in [5.74, 6) is 1.06. The van der Waals surface area contributed by atoms with E-state index in [-0.39, 0.29) is 6.23 Å². The highest BCUT2D eigenvalue weighted by Crippen LogP contribution is 2.42. The monoisotopic (exact) mass is 504 g/mol. The van der Waals surface area contributed by atoms with Gasteiger partial charge in [-0.05, 0) is 28.8 Å². The molecule has 176 valence electrons. The Bertz CT molecular complexity index is 1020. The van der Waals surface area contributed by atoms with Crippen LogP contribution >= 0.6 is 34.4 Å². The molecule has 0 amide bonds. The summed E-state index contributed by atoms with van der Waals surface area (Å²) < 4.78 is 9.11. The van der Waals surface area contributed by atoms with Crippen molar-refractivity contribution in [1.29, 1.82) is 0 Å². The molecule has 3 saturated heterocycles. The first-order valence-corrected chi connectivity index (χ1v) is 14.2. The zero-order valence-corrected chi connectivity index (χ0v) is 21.2. The number of fused-ring (bicyclic) bond motifs is 3. The van der Waals surface area contributed by atoms with Gasteiger partial charge in [-0.1, -0.05) is 23.9 Å². The molecule has 0 saturated carbocycles. The molecule has 6 rings (SSSR count). The third kappa shape index (κ3) is 4.41. The second-order valence-electron chi connectivity index (χ2n) is 9.12. The highest BCUT2D eigenvalue weighted by atomic mass is 32.2. The number of carbonyl (C=O) groups excluding carboxylic acids is 1. The second kappa shape index (κ2) is 9.54. The van der Waals surface area contributed by atoms with Crippen LogP contribution in [0.3, 0.4) is 0 Å². The number of aryl methyl sites for hydroxylation is 1. The van der Waals surface area contributed by atoms with E-state index in [4.69, 9.17) is 4.74 Å². The van der Waals surface area contributed by atoms with Gasteiger partial charge in [0.05, 0.1) is 29.4 Å². The number of ether oxygens (including phenoxy) is 1. The lowest BCUT2D eigenvalue weighted by atomic mass is 9.84. The van der Waals surface area contributed by atoms with Crippen LogP contribution in [0.15, 0.2) is 52.6 Å². The number of aromatic nitrogens is 2. The predicted molar refractivity (Wildman–Crippen MR) is 132 cm³/mol. The van der Waals surface area contributed by atoms with Crippen molar-refractivity contribution in [3.8, 4) is 0 Å². The molecule has 3 aromatic rings. The standard InChI is InChI=1S/C24H30N3O3S3/c1-26-10-9-25-23(26)33-16-4-11-27-12-7-18(8-13-27)17-21(27)30-22(28)24(29,19-5-2-14-31-19)20-6-3-15-32-20/h2-3,5-6,9-10,14-15,18,21,29H,4,7-8,11-13,16-17H2,1H3/q+1/t18?,21-,27?/m1/s1. The molecule has 6 nitrogen and oxygen atoms in total. The summed E-state index contributed by atoms with van der Waals surface area (Å²) in [5, 5.41) is 16.5. The smallest absolute Gasteiger partial charge is 0.353 e. The molecule has 3 aliphatic rings. The minimum Gasteiger partial charge on any atom is -0.410 e. The summed E-state index contributed by atoms with van der Waals surface area (Å²) >= 11 is 4.56. The Morgan fingerprint density at radius 1 is 1.27 bits per heavy atom. The van der Waals surface area contributed by atoms with Crippen LogP contribution in [-0.2, 0) is 22.2 Å². The highest BCUT2D eigenvalue weighted by molar-refractivity contribution is 7.99. The maximum absolute atomic E-state index is 13.6. The van der Waals surface area contributed by atoms with Gasteiger partial charge < -0.3 is 14.4 Å². The van der Waals surface area contributed by atoms with Crippen molar-refractivity contribution >= 4 is 40.4 Å². The molecule has 2 bridgehead atoms. The van der Waals surface area contributed by atoms with Crippen LogP contribution < -0.4 is 0 Å². The van der Waals surface area contributed by atoms with Gasteiger partial charge in [-0.2, -0.15) is 0 Å². The molecule has 33 heavy (non-hydrogen) atoms. The lowest BCUT2D eigenvalue weighted by molar-refractivity contribution is -0.984. The normalized spacial score (nSPS) is 24.8. The number of carbonyl (C=O) groups is 1. The van der Waals surface area contributed by atoms with Crippen LogP contribution in [0.5, 0.6) is 0 Å². The molecule has 0 aromatic carbocycles. The zero-order valence-electron chi connectivity index (χ0n) is 18.8. The molecule has 3 aromatic heterocycles. The Morgan fingerprint density at radius 3 is 2.55 bits per heavy atom. The minimum atomic E-state index is -1.74. The molecule has 1 atom stereocenters. The van der Waals surface area contributed by atoms with Gasteiger partial charge in [-0.15, -0.1) is 22.7 Å². The topological polar surface area (TPSA) is 64.4 Å². The van der Waals surface area contributed by atoms with Crippen LogP contribution in [0.2, 0.25) is 0 Å². The SMILES string of the molecule is Cn1ccnc1SCCC[N+]12CCC(CC1)C[C@H]2OC(=O)C(O)(c1cccs1)c1cccs1. The van der Waals surface area contributed by atoms with Crippen molar-refractivity contribution in [3.05, 3.63) is 57.2 Å². The van der Waals surface area contributed by atoms with Gasteiger partial charge in [0.15, 0.2) is 5.16 Å². The van der Waals surface area contributed by atoms with Crippen LogP contribution in [0, 0.1) is 5.92 Å². The summed E-state index contributed by atoms with van der Waals surface area (Å²) in [5.41, 5.74) is -1.74. The number of thiophene rings is 2. The first-order valence-electron chi connectivity index (χ1n) is 11.5. The van der Waals surface area contributed by atoms with Crippen molar-refractivity contribution in [3.63, 3.8) is 0 Å². The fraction of sp³-hybridized carbons (Fsp3) is 0.500. The predicted octanol–water partition coefficient (Wildman–Crippen LogP) is 4.46. The van der Waals surface area contributed by atoms with Crippen LogP contribution in [0.1, 0.15) is 35.4 Å². The van der Waals surface area contributed by atoms with Gasteiger partial charge in [0, 0.05) is 50.9 Å². The molecule has 0 unspecified atom stereocenters. The minimum absolute atomic E-state index is 0.186. The zero-order chi connectivity index (χ0) is 22.9. The number of hydrogen-bond donors (Lipinski definition) is 1. The van der Waals surface area contributed by atoms with E-state index in [0.717, 1.165) is 47.9 Å². The van der Waals surface area contributed by atoms with Gasteiger partial charge in [-0.25, -0.2) is 9.78 Å². The van der Waals surface area contributed by atoms with E-state index in [9.17, 15) is 9.90 Å². The number of thioether (sulfide) groups is 1. The van der Waals surface area contributed by atoms with Crippen LogP contribution in [-0.4, -0.2) is 56.7 Å². The number of rotatable bonds is 9. The summed E-state index contributed by atoms with van der Waals surface area (Å²) in [6.45, 7) is 3.08. The van der Waals surface area contributed by atoms with Crippen LogP contribution in [0.4, 0.5) is 0 Å². The first-order chi connectivity index (χ1) is 16.0. The van der Waals surface area contributed by atoms with Crippen molar-refractivity contribution < 1.29 is 19.1 Å². The number of piperidine rings is 3. The number of aliphatic hydroxyl groups is 1. The van der Waals surface area contributed by atoms with E-state index in [2.05, 4.69) is 4.98 Å². The quantitative estimate of drug-likeness (QED) is 0.202. The Morgan fingerprint density at radius 2 is 1.97 bits per heavy atom. The van der Waals surface area contributed by atoms with Crippen LogP contribution in [0.25, 0.3) is 0 Å². The summed E-state index contributed by atoms with van der Waals surface area (Å²) in [6.07, 6.45) is 7.94. The molecule has 0 aliphatic carbocycles. The molecule has 3 aliphatic heterocycles. The summed E-state index contributed by atoms with van der Waals surface area (Å²) in [7, 11) is 2.02. The van der Waals surface area contributed by atoms with Crippen molar-refractivity contribution in [2.45, 2.75) is 42.7 Å². The molecular formula is C24H30N3O3S3+. The number of quaternary nitrogens is 1. The largest absolute Gasteiger partial charge is 0.410 e. The third-order valence-corrected chi connectivity index (χ3v) is 10.3. The first kappa shape index (κ1) is 23.1. The number of imidazole rings is 1. The average molecular weight is 505 g/mol. The van der Waals surface area contributed by atoms with E-state index in [1.54, 1.807) is 11.8 Å². The third-order valence-electron chi connectivity index (χ3n) is 7.16. The van der Waals surface area contributed by atoms with E-state index in [1.807, 2.05) is 59.0 Å². The Balaban J connectivity index is 1.30. The fourth-order valence-corrected chi connectivity index (χ4v) is 7.80. The number of hydrogen-bond acceptors (Lipinski definition) is 7. The lowest BCUT2D eigenvalue weighted by Gasteiger charge is -2.53. The summed E-state index contributed by atoms with van der Waals surface area (Å²) in [6, 6.07) is 7.37. The molecule has 0 spiro atoms. The Labute approximate surface area is 206 Å². The lowest BCUT2D eigenvalue weighted by Crippen LogP contribution is -2.66. The average Bonchev–Trinajstić information content (AvgIpc) is 3.61. The second-order valence-corrected chi connectivity index (χ2v) is 12.1. The summed E-state index contributed by atoms with van der Waals surface area (Å²) in [4.78, 5) is 19.2. The molecule has 9 heteroatoms. The maximum atomic E-state index is 13.6. The van der Waals surface area contributed by atoms with Gasteiger partial charge >= 0.3 is 5.97 Å². The van der Waals surface area contributed by atoms with Gasteiger partial charge in [-0.3, -0.25) is 4.48 Å². The Kier molecular flexibility index (Phi) is 6.68. The molecule has 1 N–H and O–H groups in total. The van der Waals surface area contributed by atoms with E-state index < -0.39 is 11.6 Å². The maximum Gasteiger partial charge on any atom is 0.353 e. The van der Waals surface area contributed by atoms with Gasteiger partial charge in [0.1, 0.15) is 0 Å². The fourth-order valence-electron chi connectivity index (χ4n) is 5.23.